The Morgan fingerprint density at radius 1 is 1.38 bits per heavy atom. The minimum Gasteiger partial charge on any atom is -0.490 e. The molecule has 1 aromatic carbocycles. The molecule has 0 saturated heterocycles. The monoisotopic (exact) mass is 335 g/mol. The lowest BCUT2D eigenvalue weighted by Crippen LogP contribution is -2.39. The molecule has 130 valence electrons. The van der Waals surface area contributed by atoms with Gasteiger partial charge < -0.3 is 19.6 Å². The van der Waals surface area contributed by atoms with Crippen molar-refractivity contribution in [3.63, 3.8) is 0 Å². The zero-order chi connectivity index (χ0) is 17.7. The fourth-order valence-electron chi connectivity index (χ4n) is 2.44. The van der Waals surface area contributed by atoms with Gasteiger partial charge in [-0.25, -0.2) is 4.39 Å². The molecule has 0 saturated carbocycles. The molecule has 24 heavy (non-hydrogen) atoms. The lowest BCUT2D eigenvalue weighted by Gasteiger charge is -2.23. The lowest BCUT2D eigenvalue weighted by molar-refractivity contribution is -0.122. The molecule has 1 atom stereocenters. The predicted molar refractivity (Wildman–Crippen MR) is 87.3 cm³/mol. The van der Waals surface area contributed by atoms with Crippen LogP contribution in [0.15, 0.2) is 34.7 Å². The number of benzene rings is 1. The first-order valence-corrected chi connectivity index (χ1v) is 7.73. The summed E-state index contributed by atoms with van der Waals surface area (Å²) in [4.78, 5) is 11.9. The van der Waals surface area contributed by atoms with Crippen molar-refractivity contribution in [2.75, 3.05) is 13.2 Å². The molecule has 6 heteroatoms. The topological polar surface area (TPSA) is 71.7 Å². The molecule has 0 aliphatic rings. The van der Waals surface area contributed by atoms with Crippen LogP contribution in [0.1, 0.15) is 30.4 Å². The van der Waals surface area contributed by atoms with Gasteiger partial charge >= 0.3 is 0 Å². The fourth-order valence-corrected chi connectivity index (χ4v) is 2.44. The number of hydrogen-bond donors (Lipinski definition) is 2. The summed E-state index contributed by atoms with van der Waals surface area (Å²) < 4.78 is 24.0. The molecule has 2 aromatic rings. The number of aliphatic hydroxyl groups is 1. The van der Waals surface area contributed by atoms with E-state index in [0.29, 0.717) is 17.1 Å². The summed E-state index contributed by atoms with van der Waals surface area (Å²) in [7, 11) is 0. The molecule has 1 amide bonds. The van der Waals surface area contributed by atoms with Gasteiger partial charge in [-0.15, -0.1) is 0 Å². The van der Waals surface area contributed by atoms with Gasteiger partial charge in [0.15, 0.2) is 11.6 Å². The maximum absolute atomic E-state index is 13.4. The summed E-state index contributed by atoms with van der Waals surface area (Å²) >= 11 is 0. The highest BCUT2D eigenvalue weighted by Crippen LogP contribution is 2.26. The van der Waals surface area contributed by atoms with Crippen LogP contribution in [-0.2, 0) is 10.4 Å². The van der Waals surface area contributed by atoms with Crippen molar-refractivity contribution in [2.24, 2.45) is 0 Å². The molecule has 0 bridgehead atoms. The van der Waals surface area contributed by atoms with Gasteiger partial charge in [-0.05, 0) is 39.0 Å². The minimum atomic E-state index is -1.23. The van der Waals surface area contributed by atoms with Gasteiger partial charge in [0.25, 0.3) is 0 Å². The van der Waals surface area contributed by atoms with Gasteiger partial charge in [0.1, 0.15) is 17.1 Å². The van der Waals surface area contributed by atoms with E-state index in [-0.39, 0.29) is 31.2 Å². The van der Waals surface area contributed by atoms with Crippen molar-refractivity contribution in [1.29, 1.82) is 0 Å². The summed E-state index contributed by atoms with van der Waals surface area (Å²) in [6.07, 6.45) is 0.0633. The second kappa shape index (κ2) is 7.49. The van der Waals surface area contributed by atoms with Crippen molar-refractivity contribution in [1.82, 2.24) is 5.32 Å². The molecule has 2 N–H and O–H groups in total. The Labute approximate surface area is 140 Å². The molecular formula is C18H22FNO4. The molecule has 0 fully saturated rings. The normalized spacial score (nSPS) is 13.4. The molecule has 0 aliphatic heterocycles. The van der Waals surface area contributed by atoms with Gasteiger partial charge in [0.05, 0.1) is 19.6 Å². The molecule has 0 spiro atoms. The zero-order valence-electron chi connectivity index (χ0n) is 14.1. The molecule has 1 unspecified atom stereocenters. The maximum Gasteiger partial charge on any atom is 0.223 e. The lowest BCUT2D eigenvalue weighted by atomic mass is 9.96. The Balaban J connectivity index is 1.80. The first-order valence-electron chi connectivity index (χ1n) is 7.73. The summed E-state index contributed by atoms with van der Waals surface area (Å²) in [5.41, 5.74) is -0.591. The first-order chi connectivity index (χ1) is 11.3. The summed E-state index contributed by atoms with van der Waals surface area (Å²) in [5.74, 6) is 0.681. The number of halogens is 1. The van der Waals surface area contributed by atoms with Gasteiger partial charge in [-0.3, -0.25) is 4.79 Å². The molecule has 0 aliphatic carbocycles. The van der Waals surface area contributed by atoms with E-state index in [4.69, 9.17) is 9.15 Å². The highest BCUT2D eigenvalue weighted by molar-refractivity contribution is 5.76. The Kier molecular flexibility index (Phi) is 5.62. The third-order valence-electron chi connectivity index (χ3n) is 3.67. The van der Waals surface area contributed by atoms with Crippen LogP contribution < -0.4 is 10.1 Å². The van der Waals surface area contributed by atoms with Crippen molar-refractivity contribution < 1.29 is 23.4 Å². The molecule has 0 radical (unpaired) electrons. The van der Waals surface area contributed by atoms with Crippen LogP contribution in [0.5, 0.6) is 5.75 Å². The van der Waals surface area contributed by atoms with Crippen LogP contribution >= 0.6 is 0 Å². The van der Waals surface area contributed by atoms with Crippen LogP contribution in [0.3, 0.4) is 0 Å². The Morgan fingerprint density at radius 2 is 2.08 bits per heavy atom. The molecule has 2 rings (SSSR count). The van der Waals surface area contributed by atoms with Crippen molar-refractivity contribution >= 4 is 5.91 Å². The second-order valence-corrected chi connectivity index (χ2v) is 5.91. The molecular weight excluding hydrogens is 313 g/mol. The fraction of sp³-hybridized carbons (Fsp3) is 0.389. The number of ether oxygens (including phenoxy) is 1. The van der Waals surface area contributed by atoms with Crippen LogP contribution in [0.2, 0.25) is 0 Å². The quantitative estimate of drug-likeness (QED) is 0.816. The van der Waals surface area contributed by atoms with Crippen LogP contribution in [-0.4, -0.2) is 24.2 Å². The van der Waals surface area contributed by atoms with Crippen molar-refractivity contribution in [3.05, 3.63) is 53.2 Å². The smallest absolute Gasteiger partial charge is 0.223 e. The number of rotatable bonds is 7. The molecule has 5 nitrogen and oxygen atoms in total. The Bertz CT molecular complexity index is 709. The number of nitrogens with one attached hydrogen (secondary N) is 1. The van der Waals surface area contributed by atoms with E-state index in [1.165, 1.54) is 12.1 Å². The standard InChI is InChI=1S/C18H22FNO4/c1-12-10-14(13(2)24-12)18(3,22)11-20-17(21)8-9-23-16-7-5-4-6-15(16)19/h4-7,10,22H,8-9,11H2,1-3H3,(H,20,21). The average molecular weight is 335 g/mol. The average Bonchev–Trinajstić information content (AvgIpc) is 2.87. The predicted octanol–water partition coefficient (Wildman–Crippen LogP) is 2.83. The Hall–Kier alpha value is -2.34. The summed E-state index contributed by atoms with van der Waals surface area (Å²) in [6, 6.07) is 7.77. The summed E-state index contributed by atoms with van der Waals surface area (Å²) in [5, 5.41) is 13.2. The first kappa shape index (κ1) is 18.0. The van der Waals surface area contributed by atoms with Crippen LogP contribution in [0, 0.1) is 19.7 Å². The van der Waals surface area contributed by atoms with Gasteiger partial charge in [0.2, 0.25) is 5.91 Å². The number of carbonyl (C=O) groups excluding carboxylic acids is 1. The zero-order valence-corrected chi connectivity index (χ0v) is 14.1. The minimum absolute atomic E-state index is 0.0470. The van der Waals surface area contributed by atoms with Crippen molar-refractivity contribution in [3.8, 4) is 5.75 Å². The summed E-state index contributed by atoms with van der Waals surface area (Å²) in [6.45, 7) is 5.27. The number of amides is 1. The second-order valence-electron chi connectivity index (χ2n) is 5.91. The molecule has 1 aromatic heterocycles. The van der Waals surface area contributed by atoms with E-state index < -0.39 is 11.4 Å². The van der Waals surface area contributed by atoms with Gasteiger partial charge in [0, 0.05) is 5.56 Å². The Morgan fingerprint density at radius 3 is 2.71 bits per heavy atom. The van der Waals surface area contributed by atoms with E-state index in [1.807, 2.05) is 0 Å². The van der Waals surface area contributed by atoms with E-state index in [2.05, 4.69) is 5.32 Å². The van der Waals surface area contributed by atoms with E-state index in [1.54, 1.807) is 39.0 Å². The number of furan rings is 1. The van der Waals surface area contributed by atoms with Gasteiger partial charge in [-0.2, -0.15) is 0 Å². The number of hydrogen-bond acceptors (Lipinski definition) is 4. The molecule has 1 heterocycles. The van der Waals surface area contributed by atoms with Crippen molar-refractivity contribution in [2.45, 2.75) is 32.8 Å². The maximum atomic E-state index is 13.4. The number of aryl methyl sites for hydroxylation is 2. The third-order valence-corrected chi connectivity index (χ3v) is 3.67. The van der Waals surface area contributed by atoms with Crippen LogP contribution in [0.4, 0.5) is 4.39 Å². The van der Waals surface area contributed by atoms with Gasteiger partial charge in [-0.1, -0.05) is 12.1 Å². The van der Waals surface area contributed by atoms with Crippen LogP contribution in [0.25, 0.3) is 0 Å². The van der Waals surface area contributed by atoms with E-state index in [9.17, 15) is 14.3 Å². The highest BCUT2D eigenvalue weighted by atomic mass is 19.1. The third kappa shape index (κ3) is 4.58. The highest BCUT2D eigenvalue weighted by Gasteiger charge is 2.28. The van der Waals surface area contributed by atoms with E-state index in [0.717, 1.165) is 0 Å². The SMILES string of the molecule is Cc1cc(C(C)(O)CNC(=O)CCOc2ccccc2F)c(C)o1. The number of para-hydroxylation sites is 1. The van der Waals surface area contributed by atoms with E-state index >= 15 is 0 Å². The number of carbonyl (C=O) groups is 1. The largest absolute Gasteiger partial charge is 0.490 e.